The van der Waals surface area contributed by atoms with Crippen LogP contribution in [0.1, 0.15) is 26.2 Å². The van der Waals surface area contributed by atoms with E-state index in [0.717, 1.165) is 0 Å². The Labute approximate surface area is 72.3 Å². The second-order valence-corrected chi connectivity index (χ2v) is 3.33. The molecule has 12 heavy (non-hydrogen) atoms. The fourth-order valence-corrected chi connectivity index (χ4v) is 1.72. The van der Waals surface area contributed by atoms with Crippen molar-refractivity contribution in [1.29, 1.82) is 0 Å². The predicted molar refractivity (Wildman–Crippen MR) is 46.7 cm³/mol. The van der Waals surface area contributed by atoms with Gasteiger partial charge in [-0.3, -0.25) is 4.79 Å². The van der Waals surface area contributed by atoms with E-state index in [0.29, 0.717) is 19.3 Å². The van der Waals surface area contributed by atoms with Crippen molar-refractivity contribution in [3.8, 4) is 0 Å². The average molecular weight is 169 g/mol. The summed E-state index contributed by atoms with van der Waals surface area (Å²) >= 11 is 0. The van der Waals surface area contributed by atoms with Crippen molar-refractivity contribution in [3.63, 3.8) is 0 Å². The quantitative estimate of drug-likeness (QED) is 0.609. The van der Waals surface area contributed by atoms with Crippen LogP contribution in [0.2, 0.25) is 0 Å². The molecule has 0 aromatic carbocycles. The molecule has 3 nitrogen and oxygen atoms in total. The highest BCUT2D eigenvalue weighted by molar-refractivity contribution is 5.76. The maximum atomic E-state index is 11.0. The van der Waals surface area contributed by atoms with E-state index >= 15 is 0 Å². The van der Waals surface area contributed by atoms with Crippen LogP contribution in [-0.4, -0.2) is 17.1 Å². The van der Waals surface area contributed by atoms with Gasteiger partial charge in [0.15, 0.2) is 0 Å². The Morgan fingerprint density at radius 2 is 2.42 bits per heavy atom. The molecule has 0 bridgehead atoms. The first-order valence-electron chi connectivity index (χ1n) is 4.27. The Morgan fingerprint density at radius 3 is 2.75 bits per heavy atom. The van der Waals surface area contributed by atoms with E-state index in [9.17, 15) is 4.79 Å². The van der Waals surface area contributed by atoms with Gasteiger partial charge >= 0.3 is 5.97 Å². The lowest BCUT2D eigenvalue weighted by molar-refractivity contribution is -0.150. The SMILES string of the molecule is CC[C@@]1(C(=O)O)CC=CC[C@H]1N. The van der Waals surface area contributed by atoms with Crippen LogP contribution in [0, 0.1) is 5.41 Å². The summed E-state index contributed by atoms with van der Waals surface area (Å²) in [6.45, 7) is 1.88. The summed E-state index contributed by atoms with van der Waals surface area (Å²) in [4.78, 5) is 11.0. The summed E-state index contributed by atoms with van der Waals surface area (Å²) in [6, 6.07) is -0.231. The zero-order valence-corrected chi connectivity index (χ0v) is 7.29. The van der Waals surface area contributed by atoms with Crippen molar-refractivity contribution < 1.29 is 9.90 Å². The number of rotatable bonds is 2. The molecule has 68 valence electrons. The first kappa shape index (κ1) is 9.26. The van der Waals surface area contributed by atoms with Crippen LogP contribution >= 0.6 is 0 Å². The Bertz CT molecular complexity index is 213. The standard InChI is InChI=1S/C9H15NO2/c1-2-9(8(11)12)6-4-3-5-7(9)10/h3-4,7H,2,5-6,10H2,1H3,(H,11,12)/t7-,9-/m1/s1. The molecule has 0 saturated heterocycles. The zero-order chi connectivity index (χ0) is 9.19. The van der Waals surface area contributed by atoms with Gasteiger partial charge in [0.05, 0.1) is 5.41 Å². The van der Waals surface area contributed by atoms with Gasteiger partial charge in [-0.25, -0.2) is 0 Å². The molecule has 0 aromatic rings. The fourth-order valence-electron chi connectivity index (χ4n) is 1.72. The molecule has 0 amide bonds. The molecule has 0 heterocycles. The number of carboxylic acids is 1. The molecule has 3 N–H and O–H groups in total. The smallest absolute Gasteiger partial charge is 0.311 e. The molecule has 1 rings (SSSR count). The third-order valence-corrected chi connectivity index (χ3v) is 2.81. The number of nitrogens with two attached hydrogens (primary N) is 1. The summed E-state index contributed by atoms with van der Waals surface area (Å²) in [5, 5.41) is 9.05. The minimum absolute atomic E-state index is 0.231. The Hall–Kier alpha value is -0.830. The Morgan fingerprint density at radius 1 is 1.75 bits per heavy atom. The van der Waals surface area contributed by atoms with Gasteiger partial charge < -0.3 is 10.8 Å². The number of hydrogen-bond donors (Lipinski definition) is 2. The van der Waals surface area contributed by atoms with Gasteiger partial charge in [0.25, 0.3) is 0 Å². The summed E-state index contributed by atoms with van der Waals surface area (Å²) in [5.41, 5.74) is 5.08. The predicted octanol–water partition coefficient (Wildman–Crippen LogP) is 1.14. The van der Waals surface area contributed by atoms with E-state index < -0.39 is 11.4 Å². The highest BCUT2D eigenvalue weighted by Crippen LogP contribution is 2.35. The first-order chi connectivity index (χ1) is 5.63. The maximum Gasteiger partial charge on any atom is 0.311 e. The average Bonchev–Trinajstić information content (AvgIpc) is 2.05. The molecule has 1 aliphatic rings. The molecular formula is C9H15NO2. The van der Waals surface area contributed by atoms with Crippen molar-refractivity contribution in [2.45, 2.75) is 32.2 Å². The monoisotopic (exact) mass is 169 g/mol. The molecular weight excluding hydrogens is 154 g/mol. The molecule has 0 unspecified atom stereocenters. The van der Waals surface area contributed by atoms with Crippen molar-refractivity contribution in [2.24, 2.45) is 11.1 Å². The molecule has 1 aliphatic carbocycles. The van der Waals surface area contributed by atoms with Crippen molar-refractivity contribution in [3.05, 3.63) is 12.2 Å². The van der Waals surface area contributed by atoms with E-state index in [1.807, 2.05) is 19.1 Å². The van der Waals surface area contributed by atoms with Gasteiger partial charge in [0.1, 0.15) is 0 Å². The second kappa shape index (κ2) is 3.27. The number of carbonyl (C=O) groups is 1. The van der Waals surface area contributed by atoms with Crippen LogP contribution in [0.4, 0.5) is 0 Å². The van der Waals surface area contributed by atoms with E-state index in [1.54, 1.807) is 0 Å². The van der Waals surface area contributed by atoms with E-state index in [4.69, 9.17) is 10.8 Å². The summed E-state index contributed by atoms with van der Waals surface area (Å²) in [6.07, 6.45) is 5.73. The van der Waals surface area contributed by atoms with Crippen molar-refractivity contribution in [2.75, 3.05) is 0 Å². The third-order valence-electron chi connectivity index (χ3n) is 2.81. The minimum Gasteiger partial charge on any atom is -0.481 e. The van der Waals surface area contributed by atoms with Crippen molar-refractivity contribution in [1.82, 2.24) is 0 Å². The van der Waals surface area contributed by atoms with Gasteiger partial charge in [-0.15, -0.1) is 0 Å². The number of hydrogen-bond acceptors (Lipinski definition) is 2. The molecule has 0 radical (unpaired) electrons. The third kappa shape index (κ3) is 1.25. The molecule has 2 atom stereocenters. The van der Waals surface area contributed by atoms with Gasteiger partial charge in [-0.05, 0) is 19.3 Å². The van der Waals surface area contributed by atoms with Gasteiger partial charge in [-0.1, -0.05) is 19.1 Å². The van der Waals surface area contributed by atoms with Crippen LogP contribution in [0.3, 0.4) is 0 Å². The van der Waals surface area contributed by atoms with Crippen LogP contribution in [-0.2, 0) is 4.79 Å². The van der Waals surface area contributed by atoms with E-state index in [-0.39, 0.29) is 6.04 Å². The van der Waals surface area contributed by atoms with Crippen LogP contribution in [0.25, 0.3) is 0 Å². The first-order valence-corrected chi connectivity index (χ1v) is 4.27. The highest BCUT2D eigenvalue weighted by Gasteiger charge is 2.42. The zero-order valence-electron chi connectivity index (χ0n) is 7.29. The number of allylic oxidation sites excluding steroid dienone is 1. The topological polar surface area (TPSA) is 63.3 Å². The Kier molecular flexibility index (Phi) is 2.52. The second-order valence-electron chi connectivity index (χ2n) is 3.33. The number of aliphatic carboxylic acids is 1. The molecule has 0 aromatic heterocycles. The van der Waals surface area contributed by atoms with Gasteiger partial charge in [-0.2, -0.15) is 0 Å². The minimum atomic E-state index is -0.762. The summed E-state index contributed by atoms with van der Waals surface area (Å²) in [5.74, 6) is -0.762. The van der Waals surface area contributed by atoms with Crippen molar-refractivity contribution >= 4 is 5.97 Å². The lowest BCUT2D eigenvalue weighted by atomic mass is 9.71. The molecule has 0 fully saturated rings. The number of carboxylic acid groups (broad SMARTS) is 1. The van der Waals surface area contributed by atoms with Gasteiger partial charge in [0, 0.05) is 6.04 Å². The fraction of sp³-hybridized carbons (Fsp3) is 0.667. The largest absolute Gasteiger partial charge is 0.481 e. The summed E-state index contributed by atoms with van der Waals surface area (Å²) in [7, 11) is 0. The van der Waals surface area contributed by atoms with E-state index in [1.165, 1.54) is 0 Å². The lowest BCUT2D eigenvalue weighted by Gasteiger charge is -2.35. The maximum absolute atomic E-state index is 11.0. The highest BCUT2D eigenvalue weighted by atomic mass is 16.4. The van der Waals surface area contributed by atoms with Crippen LogP contribution in [0.15, 0.2) is 12.2 Å². The molecule has 3 heteroatoms. The van der Waals surface area contributed by atoms with Gasteiger partial charge in [0.2, 0.25) is 0 Å². The molecule has 0 spiro atoms. The van der Waals surface area contributed by atoms with Crippen LogP contribution < -0.4 is 5.73 Å². The molecule has 0 saturated carbocycles. The summed E-state index contributed by atoms with van der Waals surface area (Å²) < 4.78 is 0. The lowest BCUT2D eigenvalue weighted by Crippen LogP contribution is -2.48. The normalized spacial score (nSPS) is 35.0. The Balaban J connectivity index is 2.91. The molecule has 0 aliphatic heterocycles. The van der Waals surface area contributed by atoms with E-state index in [2.05, 4.69) is 0 Å². The van der Waals surface area contributed by atoms with Crippen LogP contribution in [0.5, 0.6) is 0 Å².